The van der Waals surface area contributed by atoms with E-state index in [-0.39, 0.29) is 18.1 Å². The van der Waals surface area contributed by atoms with Gasteiger partial charge in [-0.2, -0.15) is 0 Å². The number of anilines is 1. The molecule has 0 radical (unpaired) electrons. The van der Waals surface area contributed by atoms with E-state index in [9.17, 15) is 8.42 Å². The van der Waals surface area contributed by atoms with Crippen LogP contribution in [0.2, 0.25) is 0 Å². The Morgan fingerprint density at radius 2 is 1.87 bits per heavy atom. The number of nitrogens with two attached hydrogens (primary N) is 1. The molecule has 0 aliphatic rings. The Kier molecular flexibility index (Phi) is 3.96. The van der Waals surface area contributed by atoms with Gasteiger partial charge in [0.2, 0.25) is 0 Å². The van der Waals surface area contributed by atoms with Crippen molar-refractivity contribution in [2.24, 2.45) is 0 Å². The van der Waals surface area contributed by atoms with Gasteiger partial charge in [0.15, 0.2) is 9.84 Å². The Hall–Kier alpha value is -1.23. The van der Waals surface area contributed by atoms with Crippen LogP contribution >= 0.6 is 0 Å². The van der Waals surface area contributed by atoms with E-state index >= 15 is 0 Å². The van der Waals surface area contributed by atoms with Crippen molar-refractivity contribution in [2.45, 2.75) is 6.92 Å². The zero-order chi connectivity index (χ0) is 11.3. The highest BCUT2D eigenvalue weighted by Crippen LogP contribution is 2.12. The summed E-state index contributed by atoms with van der Waals surface area (Å²) in [6, 6.07) is 6.86. The van der Waals surface area contributed by atoms with Crippen molar-refractivity contribution in [1.82, 2.24) is 0 Å². The fraction of sp³-hybridized carbons (Fsp3) is 0.400. The largest absolute Gasteiger partial charge is 0.493 e. The number of hydrogen-bond acceptors (Lipinski definition) is 4. The lowest BCUT2D eigenvalue weighted by molar-refractivity contribution is 0.341. The van der Waals surface area contributed by atoms with Gasteiger partial charge in [-0.25, -0.2) is 8.42 Å². The predicted octanol–water partition coefficient (Wildman–Crippen LogP) is 1.08. The first-order chi connectivity index (χ1) is 7.03. The molecule has 0 atom stereocenters. The van der Waals surface area contributed by atoms with Crippen molar-refractivity contribution in [2.75, 3.05) is 23.8 Å². The van der Waals surface area contributed by atoms with Crippen molar-refractivity contribution in [3.8, 4) is 5.75 Å². The minimum atomic E-state index is -2.95. The highest BCUT2D eigenvalue weighted by atomic mass is 32.2. The molecule has 0 aliphatic heterocycles. The molecule has 1 aromatic rings. The molecule has 0 aromatic heterocycles. The molecule has 1 aromatic carbocycles. The van der Waals surface area contributed by atoms with Crippen LogP contribution in [0.4, 0.5) is 5.69 Å². The highest BCUT2D eigenvalue weighted by molar-refractivity contribution is 7.91. The molecule has 0 fully saturated rings. The third-order valence-electron chi connectivity index (χ3n) is 1.98. The van der Waals surface area contributed by atoms with E-state index in [4.69, 9.17) is 10.5 Å². The molecule has 2 N–H and O–H groups in total. The average molecular weight is 229 g/mol. The predicted molar refractivity (Wildman–Crippen MR) is 60.7 cm³/mol. The molecule has 15 heavy (non-hydrogen) atoms. The van der Waals surface area contributed by atoms with Gasteiger partial charge in [-0.15, -0.1) is 0 Å². The second kappa shape index (κ2) is 5.02. The number of sulfone groups is 1. The number of benzene rings is 1. The van der Waals surface area contributed by atoms with Gasteiger partial charge in [-0.1, -0.05) is 6.92 Å². The van der Waals surface area contributed by atoms with Crippen molar-refractivity contribution in [3.05, 3.63) is 24.3 Å². The second-order valence-electron chi connectivity index (χ2n) is 3.15. The van der Waals surface area contributed by atoms with Gasteiger partial charge in [0.1, 0.15) is 12.4 Å². The van der Waals surface area contributed by atoms with E-state index in [0.29, 0.717) is 11.4 Å². The molecular formula is C10H15NO3S. The molecule has 0 saturated carbocycles. The van der Waals surface area contributed by atoms with Gasteiger partial charge >= 0.3 is 0 Å². The van der Waals surface area contributed by atoms with Crippen molar-refractivity contribution >= 4 is 15.5 Å². The van der Waals surface area contributed by atoms with E-state index in [0.717, 1.165) is 0 Å². The molecule has 0 spiro atoms. The van der Waals surface area contributed by atoms with E-state index in [1.54, 1.807) is 31.2 Å². The summed E-state index contributed by atoms with van der Waals surface area (Å²) in [6.45, 7) is 1.80. The summed E-state index contributed by atoms with van der Waals surface area (Å²) in [5.74, 6) is 0.835. The van der Waals surface area contributed by atoms with Crippen LogP contribution in [0.3, 0.4) is 0 Å². The van der Waals surface area contributed by atoms with Crippen LogP contribution in [-0.2, 0) is 9.84 Å². The molecule has 5 heteroatoms. The van der Waals surface area contributed by atoms with Crippen LogP contribution in [0, 0.1) is 0 Å². The van der Waals surface area contributed by atoms with Crippen LogP contribution in [0.25, 0.3) is 0 Å². The fourth-order valence-corrected chi connectivity index (χ4v) is 1.62. The smallest absolute Gasteiger partial charge is 0.153 e. The zero-order valence-corrected chi connectivity index (χ0v) is 9.46. The Balaban J connectivity index is 2.42. The maximum Gasteiger partial charge on any atom is 0.153 e. The summed E-state index contributed by atoms with van der Waals surface area (Å²) < 4.78 is 27.6. The highest BCUT2D eigenvalue weighted by Gasteiger charge is 2.06. The number of ether oxygens (including phenoxy) is 1. The summed E-state index contributed by atoms with van der Waals surface area (Å²) in [5, 5.41) is 0. The first-order valence-electron chi connectivity index (χ1n) is 4.72. The number of hydrogen-bond donors (Lipinski definition) is 1. The molecule has 84 valence electrons. The van der Waals surface area contributed by atoms with Gasteiger partial charge < -0.3 is 10.5 Å². The Labute approximate surface area is 90.0 Å². The molecule has 0 bridgehead atoms. The number of rotatable bonds is 5. The van der Waals surface area contributed by atoms with Crippen LogP contribution in [0.15, 0.2) is 24.3 Å². The third kappa shape index (κ3) is 4.20. The molecule has 0 heterocycles. The van der Waals surface area contributed by atoms with Crippen LogP contribution in [0.1, 0.15) is 6.92 Å². The summed E-state index contributed by atoms with van der Waals surface area (Å²) in [7, 11) is -2.95. The normalized spacial score (nSPS) is 11.3. The van der Waals surface area contributed by atoms with Crippen LogP contribution in [-0.4, -0.2) is 26.5 Å². The molecule has 0 unspecified atom stereocenters. The van der Waals surface area contributed by atoms with Gasteiger partial charge in [-0.05, 0) is 24.3 Å². The van der Waals surface area contributed by atoms with Crippen LogP contribution in [0.5, 0.6) is 5.75 Å². The Bertz CT molecular complexity index is 397. The monoisotopic (exact) mass is 229 g/mol. The lowest BCUT2D eigenvalue weighted by Crippen LogP contribution is -2.15. The van der Waals surface area contributed by atoms with Gasteiger partial charge in [0.25, 0.3) is 0 Å². The quantitative estimate of drug-likeness (QED) is 0.767. The standard InChI is InChI=1S/C10H15NO3S/c1-2-15(12,13)8-7-14-10-5-3-9(11)4-6-10/h3-6H,2,7-8,11H2,1H3. The Morgan fingerprint density at radius 3 is 2.40 bits per heavy atom. The minimum Gasteiger partial charge on any atom is -0.493 e. The van der Waals surface area contributed by atoms with Crippen molar-refractivity contribution in [1.29, 1.82) is 0 Å². The first-order valence-corrected chi connectivity index (χ1v) is 6.54. The van der Waals surface area contributed by atoms with E-state index in [2.05, 4.69) is 0 Å². The van der Waals surface area contributed by atoms with Gasteiger partial charge in [0.05, 0.1) is 5.75 Å². The van der Waals surface area contributed by atoms with Gasteiger partial charge in [0, 0.05) is 11.4 Å². The average Bonchev–Trinajstić information content (AvgIpc) is 2.21. The van der Waals surface area contributed by atoms with Crippen molar-refractivity contribution < 1.29 is 13.2 Å². The molecule has 4 nitrogen and oxygen atoms in total. The topological polar surface area (TPSA) is 69.4 Å². The fourth-order valence-electron chi connectivity index (χ4n) is 0.995. The van der Waals surface area contributed by atoms with E-state index in [1.807, 2.05) is 0 Å². The molecule has 0 aliphatic carbocycles. The maximum atomic E-state index is 11.1. The summed E-state index contributed by atoms with van der Waals surface area (Å²) in [6.07, 6.45) is 0. The summed E-state index contributed by atoms with van der Waals surface area (Å²) in [5.41, 5.74) is 6.15. The lowest BCUT2D eigenvalue weighted by atomic mass is 10.3. The molecule has 0 amide bonds. The van der Waals surface area contributed by atoms with Crippen molar-refractivity contribution in [3.63, 3.8) is 0 Å². The summed E-state index contributed by atoms with van der Waals surface area (Å²) in [4.78, 5) is 0. The first kappa shape index (κ1) is 11.8. The minimum absolute atomic E-state index is 0.0495. The SMILES string of the molecule is CCS(=O)(=O)CCOc1ccc(N)cc1. The zero-order valence-electron chi connectivity index (χ0n) is 8.64. The Morgan fingerprint density at radius 1 is 1.27 bits per heavy atom. The van der Waals surface area contributed by atoms with E-state index < -0.39 is 9.84 Å². The maximum absolute atomic E-state index is 11.1. The summed E-state index contributed by atoms with van der Waals surface area (Å²) >= 11 is 0. The molecule has 0 saturated heterocycles. The number of nitrogen functional groups attached to an aromatic ring is 1. The molecular weight excluding hydrogens is 214 g/mol. The van der Waals surface area contributed by atoms with Crippen LogP contribution < -0.4 is 10.5 Å². The van der Waals surface area contributed by atoms with Gasteiger partial charge in [-0.3, -0.25) is 0 Å². The second-order valence-corrected chi connectivity index (χ2v) is 5.63. The molecule has 1 rings (SSSR count). The third-order valence-corrected chi connectivity index (χ3v) is 3.65. The van der Waals surface area contributed by atoms with E-state index in [1.165, 1.54) is 0 Å². The lowest BCUT2D eigenvalue weighted by Gasteiger charge is -2.05.